The number of rotatable bonds is 6. The van der Waals surface area contributed by atoms with Gasteiger partial charge < -0.3 is 4.90 Å². The molecular formula is C16H28N4O3S. The van der Waals surface area contributed by atoms with Crippen molar-refractivity contribution in [3.8, 4) is 0 Å². The normalized spacial score (nSPS) is 17.2. The van der Waals surface area contributed by atoms with Crippen molar-refractivity contribution in [3.05, 3.63) is 11.4 Å². The third-order valence-corrected chi connectivity index (χ3v) is 6.85. The third kappa shape index (κ3) is 3.80. The number of hydrogen-bond donors (Lipinski definition) is 1. The average Bonchev–Trinajstić information content (AvgIpc) is 2.91. The summed E-state index contributed by atoms with van der Waals surface area (Å²) in [7, 11) is -1.72. The van der Waals surface area contributed by atoms with Gasteiger partial charge in [-0.2, -0.15) is 9.40 Å². The van der Waals surface area contributed by atoms with Gasteiger partial charge in [-0.3, -0.25) is 9.89 Å². The van der Waals surface area contributed by atoms with Gasteiger partial charge in [0.1, 0.15) is 4.90 Å². The number of aryl methyl sites for hydroxylation is 2. The fourth-order valence-electron chi connectivity index (χ4n) is 3.21. The summed E-state index contributed by atoms with van der Waals surface area (Å²) in [6.07, 6.45) is 3.20. The molecular weight excluding hydrogens is 328 g/mol. The van der Waals surface area contributed by atoms with Crippen molar-refractivity contribution in [2.24, 2.45) is 5.92 Å². The fourth-order valence-corrected chi connectivity index (χ4v) is 5.01. The zero-order valence-electron chi connectivity index (χ0n) is 15.0. The number of nitrogens with one attached hydrogen (secondary N) is 1. The molecule has 2 heterocycles. The quantitative estimate of drug-likeness (QED) is 0.840. The molecule has 0 bridgehead atoms. The Labute approximate surface area is 144 Å². The summed E-state index contributed by atoms with van der Waals surface area (Å²) in [4.78, 5) is 14.5. The SMILES string of the molecule is CCCCN(C)C(=O)C1CCN(S(=O)(=O)c2c(C)n[nH]c2C)CC1. The van der Waals surface area contributed by atoms with Gasteiger partial charge >= 0.3 is 0 Å². The number of aromatic nitrogens is 2. The predicted octanol–water partition coefficient (Wildman–Crippen LogP) is 1.69. The second-order valence-corrected chi connectivity index (χ2v) is 8.43. The van der Waals surface area contributed by atoms with E-state index in [0.717, 1.165) is 19.4 Å². The van der Waals surface area contributed by atoms with E-state index in [1.807, 2.05) is 7.05 Å². The fraction of sp³-hybridized carbons (Fsp3) is 0.750. The zero-order chi connectivity index (χ0) is 17.9. The summed E-state index contributed by atoms with van der Waals surface area (Å²) in [5, 5.41) is 6.71. The lowest BCUT2D eigenvalue weighted by atomic mass is 9.96. The van der Waals surface area contributed by atoms with E-state index in [1.54, 1.807) is 18.7 Å². The van der Waals surface area contributed by atoms with E-state index in [-0.39, 0.29) is 16.7 Å². The zero-order valence-corrected chi connectivity index (χ0v) is 15.8. The maximum absolute atomic E-state index is 12.8. The van der Waals surface area contributed by atoms with E-state index < -0.39 is 10.0 Å². The van der Waals surface area contributed by atoms with Gasteiger partial charge in [0.15, 0.2) is 0 Å². The van der Waals surface area contributed by atoms with Crippen LogP contribution in [0.25, 0.3) is 0 Å². The first-order valence-corrected chi connectivity index (χ1v) is 9.99. The first kappa shape index (κ1) is 18.9. The minimum atomic E-state index is -3.55. The molecule has 0 aliphatic carbocycles. The molecule has 0 unspecified atom stereocenters. The Morgan fingerprint density at radius 2 is 1.96 bits per heavy atom. The number of piperidine rings is 1. The van der Waals surface area contributed by atoms with Gasteiger partial charge in [0.25, 0.3) is 0 Å². The van der Waals surface area contributed by atoms with Gasteiger partial charge in [0.2, 0.25) is 15.9 Å². The number of aromatic amines is 1. The van der Waals surface area contributed by atoms with Crippen LogP contribution < -0.4 is 0 Å². The topological polar surface area (TPSA) is 86.4 Å². The van der Waals surface area contributed by atoms with Crippen molar-refractivity contribution in [1.29, 1.82) is 0 Å². The Morgan fingerprint density at radius 3 is 2.46 bits per heavy atom. The Hall–Kier alpha value is -1.41. The lowest BCUT2D eigenvalue weighted by Gasteiger charge is -2.32. The van der Waals surface area contributed by atoms with Gasteiger partial charge in [-0.1, -0.05) is 13.3 Å². The first-order valence-electron chi connectivity index (χ1n) is 8.55. The van der Waals surface area contributed by atoms with E-state index in [9.17, 15) is 13.2 Å². The highest BCUT2D eigenvalue weighted by atomic mass is 32.2. The molecule has 1 saturated heterocycles. The van der Waals surface area contributed by atoms with Gasteiger partial charge in [0.05, 0.1) is 11.4 Å². The molecule has 0 saturated carbocycles. The number of hydrogen-bond acceptors (Lipinski definition) is 4. The van der Waals surface area contributed by atoms with Crippen LogP contribution in [-0.4, -0.2) is 60.4 Å². The molecule has 0 radical (unpaired) electrons. The molecule has 1 aromatic rings. The van der Waals surface area contributed by atoms with E-state index in [4.69, 9.17) is 0 Å². The minimum Gasteiger partial charge on any atom is -0.346 e. The van der Waals surface area contributed by atoms with Crippen molar-refractivity contribution in [2.45, 2.75) is 51.3 Å². The Morgan fingerprint density at radius 1 is 1.33 bits per heavy atom. The number of H-pyrrole nitrogens is 1. The summed E-state index contributed by atoms with van der Waals surface area (Å²) >= 11 is 0. The van der Waals surface area contributed by atoms with Crippen LogP contribution in [0.1, 0.15) is 44.0 Å². The van der Waals surface area contributed by atoms with Crippen LogP contribution in [0.4, 0.5) is 0 Å². The Bertz CT molecular complexity index is 656. The molecule has 8 heteroatoms. The van der Waals surface area contributed by atoms with Gasteiger partial charge in [-0.15, -0.1) is 0 Å². The van der Waals surface area contributed by atoms with E-state index in [0.29, 0.717) is 37.3 Å². The van der Waals surface area contributed by atoms with Crippen LogP contribution in [0.3, 0.4) is 0 Å². The molecule has 7 nitrogen and oxygen atoms in total. The largest absolute Gasteiger partial charge is 0.346 e. The van der Waals surface area contributed by atoms with Crippen molar-refractivity contribution in [2.75, 3.05) is 26.7 Å². The molecule has 1 aromatic heterocycles. The molecule has 1 aliphatic heterocycles. The molecule has 0 aromatic carbocycles. The molecule has 1 aliphatic rings. The third-order valence-electron chi connectivity index (χ3n) is 4.68. The average molecular weight is 356 g/mol. The Kier molecular flexibility index (Phi) is 6.03. The molecule has 1 amide bonds. The highest BCUT2D eigenvalue weighted by Crippen LogP contribution is 2.27. The van der Waals surface area contributed by atoms with Crippen molar-refractivity contribution in [1.82, 2.24) is 19.4 Å². The summed E-state index contributed by atoms with van der Waals surface area (Å²) in [5.74, 6) is 0.0565. The van der Waals surface area contributed by atoms with Gasteiger partial charge in [-0.05, 0) is 33.1 Å². The number of amides is 1. The smallest absolute Gasteiger partial charge is 0.246 e. The van der Waals surface area contributed by atoms with Crippen LogP contribution in [0.5, 0.6) is 0 Å². The molecule has 0 atom stereocenters. The maximum atomic E-state index is 12.8. The minimum absolute atomic E-state index is 0.0788. The van der Waals surface area contributed by atoms with Crippen molar-refractivity contribution >= 4 is 15.9 Å². The second kappa shape index (κ2) is 7.65. The molecule has 0 spiro atoms. The van der Waals surface area contributed by atoms with Crippen molar-refractivity contribution < 1.29 is 13.2 Å². The summed E-state index contributed by atoms with van der Waals surface area (Å²) in [6, 6.07) is 0. The lowest BCUT2D eigenvalue weighted by Crippen LogP contribution is -2.43. The monoisotopic (exact) mass is 356 g/mol. The van der Waals surface area contributed by atoms with Crippen LogP contribution in [0.2, 0.25) is 0 Å². The maximum Gasteiger partial charge on any atom is 0.246 e. The molecule has 1 fully saturated rings. The van der Waals surface area contributed by atoms with Crippen LogP contribution in [0.15, 0.2) is 4.90 Å². The summed E-state index contributed by atoms with van der Waals surface area (Å²) < 4.78 is 27.1. The van der Waals surface area contributed by atoms with Crippen LogP contribution >= 0.6 is 0 Å². The van der Waals surface area contributed by atoms with Gasteiger partial charge in [0, 0.05) is 32.6 Å². The molecule has 2 rings (SSSR count). The van der Waals surface area contributed by atoms with E-state index in [2.05, 4.69) is 17.1 Å². The lowest BCUT2D eigenvalue weighted by molar-refractivity contribution is -0.135. The number of nitrogens with zero attached hydrogens (tertiary/aromatic N) is 3. The van der Waals surface area contributed by atoms with E-state index in [1.165, 1.54) is 4.31 Å². The highest BCUT2D eigenvalue weighted by Gasteiger charge is 2.35. The molecule has 136 valence electrons. The number of carbonyl (C=O) groups excluding carboxylic acids is 1. The first-order chi connectivity index (χ1) is 11.3. The number of carbonyl (C=O) groups is 1. The highest BCUT2D eigenvalue weighted by molar-refractivity contribution is 7.89. The molecule has 24 heavy (non-hydrogen) atoms. The van der Waals surface area contributed by atoms with Gasteiger partial charge in [-0.25, -0.2) is 8.42 Å². The van der Waals surface area contributed by atoms with Crippen LogP contribution in [0, 0.1) is 19.8 Å². The number of sulfonamides is 1. The summed E-state index contributed by atoms with van der Waals surface area (Å²) in [6.45, 7) is 7.03. The van der Waals surface area contributed by atoms with Crippen LogP contribution in [-0.2, 0) is 14.8 Å². The predicted molar refractivity (Wildman–Crippen MR) is 92.1 cm³/mol. The van der Waals surface area contributed by atoms with Crippen molar-refractivity contribution in [3.63, 3.8) is 0 Å². The second-order valence-electron chi connectivity index (χ2n) is 6.55. The Balaban J connectivity index is 2.01. The van der Waals surface area contributed by atoms with E-state index >= 15 is 0 Å². The standard InChI is InChI=1S/C16H28N4O3S/c1-5-6-9-19(4)16(21)14-7-10-20(11-8-14)24(22,23)15-12(2)17-18-13(15)3/h14H,5-11H2,1-4H3,(H,17,18). The molecule has 1 N–H and O–H groups in total. The summed E-state index contributed by atoms with van der Waals surface area (Å²) in [5.41, 5.74) is 1.05. The number of unbranched alkanes of at least 4 members (excludes halogenated alkanes) is 1.